The molecule has 0 aromatic heterocycles. The highest BCUT2D eigenvalue weighted by molar-refractivity contribution is 6.32. The van der Waals surface area contributed by atoms with Gasteiger partial charge in [0, 0.05) is 11.6 Å². The van der Waals surface area contributed by atoms with Gasteiger partial charge in [-0.3, -0.25) is 0 Å². The molecule has 2 aromatic carbocycles. The van der Waals surface area contributed by atoms with Crippen LogP contribution in [0.1, 0.15) is 5.56 Å². The Balaban J connectivity index is 2.19. The van der Waals surface area contributed by atoms with Crippen LogP contribution in [0.2, 0.25) is 10.0 Å². The Morgan fingerprint density at radius 2 is 1.94 bits per heavy atom. The first-order valence-electron chi connectivity index (χ1n) is 5.55. The largest absolute Gasteiger partial charge is 0.456 e. The Bertz CT molecular complexity index is 543. The van der Waals surface area contributed by atoms with E-state index in [1.807, 2.05) is 37.4 Å². The molecule has 0 aliphatic heterocycles. The van der Waals surface area contributed by atoms with E-state index in [9.17, 15) is 0 Å². The van der Waals surface area contributed by atoms with Crippen molar-refractivity contribution >= 4 is 23.2 Å². The molecule has 0 saturated heterocycles. The lowest BCUT2D eigenvalue weighted by molar-refractivity contribution is 0.482. The average molecular weight is 282 g/mol. The minimum absolute atomic E-state index is 0.586. The molecule has 0 saturated carbocycles. The van der Waals surface area contributed by atoms with Gasteiger partial charge >= 0.3 is 0 Å². The molecule has 4 heteroatoms. The molecule has 0 unspecified atom stereocenters. The summed E-state index contributed by atoms with van der Waals surface area (Å²) in [5, 5.41) is 4.29. The number of ether oxygens (including phenoxy) is 1. The number of benzene rings is 2. The van der Waals surface area contributed by atoms with Gasteiger partial charge in [0.05, 0.1) is 5.02 Å². The summed E-state index contributed by atoms with van der Waals surface area (Å²) >= 11 is 12.1. The summed E-state index contributed by atoms with van der Waals surface area (Å²) in [6.07, 6.45) is 0. The fraction of sp³-hybridized carbons (Fsp3) is 0.143. The van der Waals surface area contributed by atoms with Gasteiger partial charge in [-0.15, -0.1) is 0 Å². The highest BCUT2D eigenvalue weighted by Gasteiger charge is 2.04. The van der Waals surface area contributed by atoms with Gasteiger partial charge in [0.25, 0.3) is 0 Å². The van der Waals surface area contributed by atoms with E-state index in [1.54, 1.807) is 12.1 Å². The first kappa shape index (κ1) is 13.2. The Kier molecular flexibility index (Phi) is 4.48. The second-order valence-electron chi connectivity index (χ2n) is 3.85. The van der Waals surface area contributed by atoms with Crippen LogP contribution in [0.4, 0.5) is 0 Å². The molecule has 2 aromatic rings. The maximum atomic E-state index is 6.17. The molecule has 0 atom stereocenters. The molecule has 94 valence electrons. The molecule has 1 N–H and O–H groups in total. The molecule has 2 nitrogen and oxygen atoms in total. The number of hydrogen-bond donors (Lipinski definition) is 1. The van der Waals surface area contributed by atoms with Gasteiger partial charge in [-0.05, 0) is 42.9 Å². The maximum absolute atomic E-state index is 6.17. The number of rotatable bonds is 4. The zero-order valence-electron chi connectivity index (χ0n) is 9.91. The van der Waals surface area contributed by atoms with E-state index in [0.29, 0.717) is 21.5 Å². The van der Waals surface area contributed by atoms with Crippen molar-refractivity contribution in [3.8, 4) is 11.5 Å². The van der Waals surface area contributed by atoms with E-state index in [2.05, 4.69) is 5.32 Å². The van der Waals surface area contributed by atoms with E-state index >= 15 is 0 Å². The minimum Gasteiger partial charge on any atom is -0.456 e. The fourth-order valence-corrected chi connectivity index (χ4v) is 2.02. The Morgan fingerprint density at radius 1 is 1.11 bits per heavy atom. The molecular formula is C14H13Cl2NO. The second kappa shape index (κ2) is 6.10. The summed E-state index contributed by atoms with van der Waals surface area (Å²) in [6.45, 7) is 0.775. The second-order valence-corrected chi connectivity index (χ2v) is 4.70. The van der Waals surface area contributed by atoms with Crippen LogP contribution in [0.25, 0.3) is 0 Å². The van der Waals surface area contributed by atoms with Crippen molar-refractivity contribution < 1.29 is 4.74 Å². The highest BCUT2D eigenvalue weighted by atomic mass is 35.5. The summed E-state index contributed by atoms with van der Waals surface area (Å²) < 4.78 is 5.69. The van der Waals surface area contributed by atoms with Crippen molar-refractivity contribution in [2.24, 2.45) is 0 Å². The van der Waals surface area contributed by atoms with Crippen LogP contribution in [-0.4, -0.2) is 7.05 Å². The predicted molar refractivity (Wildman–Crippen MR) is 75.7 cm³/mol. The van der Waals surface area contributed by atoms with Gasteiger partial charge in [0.2, 0.25) is 0 Å². The summed E-state index contributed by atoms with van der Waals surface area (Å²) in [5.74, 6) is 1.30. The number of hydrogen-bond acceptors (Lipinski definition) is 2. The molecule has 0 spiro atoms. The third-order valence-corrected chi connectivity index (χ3v) is 2.93. The van der Waals surface area contributed by atoms with Gasteiger partial charge < -0.3 is 10.1 Å². The van der Waals surface area contributed by atoms with Gasteiger partial charge in [0.15, 0.2) is 0 Å². The molecule has 0 bridgehead atoms. The van der Waals surface area contributed by atoms with Crippen LogP contribution in [0.3, 0.4) is 0 Å². The lowest BCUT2D eigenvalue weighted by Crippen LogP contribution is -2.04. The van der Waals surface area contributed by atoms with E-state index in [1.165, 1.54) is 0 Å². The maximum Gasteiger partial charge on any atom is 0.146 e. The van der Waals surface area contributed by atoms with E-state index in [0.717, 1.165) is 12.1 Å². The Morgan fingerprint density at radius 3 is 2.61 bits per heavy atom. The molecule has 0 amide bonds. The van der Waals surface area contributed by atoms with E-state index < -0.39 is 0 Å². The van der Waals surface area contributed by atoms with Gasteiger partial charge in [-0.1, -0.05) is 35.3 Å². The summed E-state index contributed by atoms with van der Waals surface area (Å²) in [5.41, 5.74) is 1.11. The third kappa shape index (κ3) is 3.39. The van der Waals surface area contributed by atoms with Crippen molar-refractivity contribution in [2.45, 2.75) is 6.54 Å². The Hall–Kier alpha value is -1.22. The SMILES string of the molecule is CNCc1ccc(Oc2cccc(Cl)c2)c(Cl)c1. The molecule has 0 radical (unpaired) electrons. The van der Waals surface area contributed by atoms with Crippen LogP contribution < -0.4 is 10.1 Å². The predicted octanol–water partition coefficient (Wildman–Crippen LogP) is 4.51. The van der Waals surface area contributed by atoms with Crippen molar-refractivity contribution in [3.63, 3.8) is 0 Å². The molecule has 0 aliphatic rings. The summed E-state index contributed by atoms with van der Waals surface area (Å²) in [4.78, 5) is 0. The van der Waals surface area contributed by atoms with Gasteiger partial charge in [0.1, 0.15) is 11.5 Å². The van der Waals surface area contributed by atoms with E-state index in [-0.39, 0.29) is 0 Å². The minimum atomic E-state index is 0.586. The molecule has 0 fully saturated rings. The van der Waals surface area contributed by atoms with Crippen LogP contribution in [0, 0.1) is 0 Å². The normalized spacial score (nSPS) is 10.4. The highest BCUT2D eigenvalue weighted by Crippen LogP contribution is 2.31. The van der Waals surface area contributed by atoms with Crippen molar-refractivity contribution in [1.29, 1.82) is 0 Å². The van der Waals surface area contributed by atoms with Crippen molar-refractivity contribution in [1.82, 2.24) is 5.32 Å². The van der Waals surface area contributed by atoms with Crippen LogP contribution in [-0.2, 0) is 6.54 Å². The molecule has 18 heavy (non-hydrogen) atoms. The van der Waals surface area contributed by atoms with E-state index in [4.69, 9.17) is 27.9 Å². The number of nitrogens with one attached hydrogen (secondary N) is 1. The monoisotopic (exact) mass is 281 g/mol. The lowest BCUT2D eigenvalue weighted by atomic mass is 10.2. The van der Waals surface area contributed by atoms with Crippen molar-refractivity contribution in [3.05, 3.63) is 58.1 Å². The van der Waals surface area contributed by atoms with Gasteiger partial charge in [-0.2, -0.15) is 0 Å². The molecule has 0 aliphatic carbocycles. The zero-order chi connectivity index (χ0) is 13.0. The molecule has 0 heterocycles. The summed E-state index contributed by atoms with van der Waals surface area (Å²) in [7, 11) is 1.89. The summed E-state index contributed by atoms with van der Waals surface area (Å²) in [6, 6.07) is 12.9. The third-order valence-electron chi connectivity index (χ3n) is 2.40. The smallest absolute Gasteiger partial charge is 0.146 e. The van der Waals surface area contributed by atoms with Crippen molar-refractivity contribution in [2.75, 3.05) is 7.05 Å². The van der Waals surface area contributed by atoms with Crippen LogP contribution in [0.15, 0.2) is 42.5 Å². The molecular weight excluding hydrogens is 269 g/mol. The molecule has 2 rings (SSSR count). The quantitative estimate of drug-likeness (QED) is 0.891. The van der Waals surface area contributed by atoms with Crippen LogP contribution in [0.5, 0.6) is 11.5 Å². The fourth-order valence-electron chi connectivity index (χ4n) is 1.60. The topological polar surface area (TPSA) is 21.3 Å². The lowest BCUT2D eigenvalue weighted by Gasteiger charge is -2.09. The first-order valence-corrected chi connectivity index (χ1v) is 6.31. The first-order chi connectivity index (χ1) is 8.69. The van der Waals surface area contributed by atoms with Gasteiger partial charge in [-0.25, -0.2) is 0 Å². The van der Waals surface area contributed by atoms with Crippen LogP contribution >= 0.6 is 23.2 Å². The Labute approximate surface area is 116 Å². The number of halogens is 2. The zero-order valence-corrected chi connectivity index (χ0v) is 11.4. The average Bonchev–Trinajstić information content (AvgIpc) is 2.33. The standard InChI is InChI=1S/C14H13Cl2NO/c1-17-9-10-5-6-14(13(16)7-10)18-12-4-2-3-11(15)8-12/h2-8,17H,9H2,1H3.